The van der Waals surface area contributed by atoms with Crippen LogP contribution in [0.4, 0.5) is 0 Å². The summed E-state index contributed by atoms with van der Waals surface area (Å²) in [6.45, 7) is 4.93. The van der Waals surface area contributed by atoms with Gasteiger partial charge in [-0.05, 0) is 31.6 Å². The molecule has 1 aliphatic carbocycles. The Morgan fingerprint density at radius 3 is 2.44 bits per heavy atom. The van der Waals surface area contributed by atoms with Gasteiger partial charge in [0.1, 0.15) is 0 Å². The van der Waals surface area contributed by atoms with Crippen LogP contribution in [0.25, 0.3) is 0 Å². The van der Waals surface area contributed by atoms with Crippen molar-refractivity contribution in [2.24, 2.45) is 17.6 Å². The fourth-order valence-corrected chi connectivity index (χ4v) is 2.21. The molecule has 2 rings (SSSR count). The van der Waals surface area contributed by atoms with Crippen LogP contribution in [0.2, 0.25) is 0 Å². The molecule has 1 amide bonds. The number of rotatable bonds is 5. The third kappa shape index (κ3) is 4.41. The van der Waals surface area contributed by atoms with Gasteiger partial charge in [0.2, 0.25) is 5.91 Å². The number of halogens is 1. The standard InChI is InChI=1S/C13H24N2O2.ClH/c1-10(8-14)13(16)15-6-4-12(5-7-15)17-9-11-2-3-11;/h10-12H,2-9,14H2,1H3;1H. The van der Waals surface area contributed by atoms with Crippen LogP contribution in [0.3, 0.4) is 0 Å². The Morgan fingerprint density at radius 2 is 1.94 bits per heavy atom. The van der Waals surface area contributed by atoms with Gasteiger partial charge in [-0.15, -0.1) is 12.4 Å². The Morgan fingerprint density at radius 1 is 1.33 bits per heavy atom. The zero-order valence-electron chi connectivity index (χ0n) is 11.1. The number of likely N-dealkylation sites (tertiary alicyclic amines) is 1. The lowest BCUT2D eigenvalue weighted by molar-refractivity contribution is -0.137. The Bertz CT molecular complexity index is 264. The zero-order chi connectivity index (χ0) is 12.3. The van der Waals surface area contributed by atoms with E-state index in [0.717, 1.165) is 38.5 Å². The topological polar surface area (TPSA) is 55.6 Å². The average molecular weight is 277 g/mol. The molecule has 0 spiro atoms. The van der Waals surface area contributed by atoms with Crippen molar-refractivity contribution < 1.29 is 9.53 Å². The molecule has 1 aliphatic heterocycles. The van der Waals surface area contributed by atoms with E-state index in [1.54, 1.807) is 0 Å². The van der Waals surface area contributed by atoms with Crippen LogP contribution < -0.4 is 5.73 Å². The van der Waals surface area contributed by atoms with E-state index in [0.29, 0.717) is 12.6 Å². The molecule has 0 aromatic rings. The van der Waals surface area contributed by atoms with Crippen molar-refractivity contribution in [1.29, 1.82) is 0 Å². The normalized spacial score (nSPS) is 22.4. The third-order valence-corrected chi connectivity index (χ3v) is 3.79. The van der Waals surface area contributed by atoms with E-state index in [-0.39, 0.29) is 24.2 Å². The molecule has 1 unspecified atom stereocenters. The van der Waals surface area contributed by atoms with Gasteiger partial charge < -0.3 is 15.4 Å². The predicted octanol–water partition coefficient (Wildman–Crippen LogP) is 1.42. The fraction of sp³-hybridized carbons (Fsp3) is 0.923. The summed E-state index contributed by atoms with van der Waals surface area (Å²) in [5.41, 5.74) is 5.52. The SMILES string of the molecule is CC(CN)C(=O)N1CCC(OCC2CC2)CC1.Cl. The second kappa shape index (κ2) is 7.31. The van der Waals surface area contributed by atoms with Crippen LogP contribution >= 0.6 is 12.4 Å². The highest BCUT2D eigenvalue weighted by Gasteiger charge is 2.28. The van der Waals surface area contributed by atoms with Gasteiger partial charge in [-0.1, -0.05) is 6.92 Å². The molecule has 0 bridgehead atoms. The molecule has 1 atom stereocenters. The number of ether oxygens (including phenoxy) is 1. The minimum absolute atomic E-state index is 0. The van der Waals surface area contributed by atoms with E-state index in [4.69, 9.17) is 10.5 Å². The molecule has 0 aromatic heterocycles. The first-order chi connectivity index (χ1) is 8.20. The molecule has 2 N–H and O–H groups in total. The molecule has 5 heteroatoms. The Labute approximate surface area is 116 Å². The van der Waals surface area contributed by atoms with Crippen LogP contribution in [0, 0.1) is 11.8 Å². The van der Waals surface area contributed by atoms with E-state index >= 15 is 0 Å². The van der Waals surface area contributed by atoms with Crippen molar-refractivity contribution in [2.45, 2.75) is 38.7 Å². The summed E-state index contributed by atoms with van der Waals surface area (Å²) >= 11 is 0. The Kier molecular flexibility index (Phi) is 6.39. The van der Waals surface area contributed by atoms with Crippen LogP contribution in [-0.2, 0) is 9.53 Å². The van der Waals surface area contributed by atoms with Crippen LogP contribution in [0.5, 0.6) is 0 Å². The summed E-state index contributed by atoms with van der Waals surface area (Å²) in [6.07, 6.45) is 5.01. The number of nitrogens with zero attached hydrogens (tertiary/aromatic N) is 1. The van der Waals surface area contributed by atoms with Gasteiger partial charge in [0, 0.05) is 32.2 Å². The van der Waals surface area contributed by atoms with E-state index in [2.05, 4.69) is 0 Å². The largest absolute Gasteiger partial charge is 0.378 e. The van der Waals surface area contributed by atoms with Gasteiger partial charge >= 0.3 is 0 Å². The number of nitrogens with two attached hydrogens (primary N) is 1. The summed E-state index contributed by atoms with van der Waals surface area (Å²) in [6, 6.07) is 0. The minimum atomic E-state index is -0.0427. The maximum atomic E-state index is 11.9. The summed E-state index contributed by atoms with van der Waals surface area (Å²) in [5.74, 6) is 0.985. The van der Waals surface area contributed by atoms with Crippen LogP contribution in [-0.4, -0.2) is 43.2 Å². The summed E-state index contributed by atoms with van der Waals surface area (Å²) in [7, 11) is 0. The quantitative estimate of drug-likeness (QED) is 0.826. The molecule has 106 valence electrons. The first-order valence-electron chi connectivity index (χ1n) is 6.81. The molecule has 0 radical (unpaired) electrons. The number of carbonyl (C=O) groups is 1. The lowest BCUT2D eigenvalue weighted by Crippen LogP contribution is -2.44. The van der Waals surface area contributed by atoms with E-state index in [1.165, 1.54) is 12.8 Å². The summed E-state index contributed by atoms with van der Waals surface area (Å²) in [4.78, 5) is 13.9. The van der Waals surface area contributed by atoms with Crippen molar-refractivity contribution >= 4 is 18.3 Å². The van der Waals surface area contributed by atoms with Gasteiger partial charge in [0.25, 0.3) is 0 Å². The maximum absolute atomic E-state index is 11.9. The molecule has 0 aromatic carbocycles. The number of amides is 1. The number of carbonyl (C=O) groups excluding carboxylic acids is 1. The molecule has 1 saturated heterocycles. The molecule has 1 heterocycles. The second-order valence-corrected chi connectivity index (χ2v) is 5.44. The van der Waals surface area contributed by atoms with Gasteiger partial charge in [-0.2, -0.15) is 0 Å². The highest BCUT2D eigenvalue weighted by molar-refractivity contribution is 5.85. The van der Waals surface area contributed by atoms with Gasteiger partial charge in [0.05, 0.1) is 6.10 Å². The summed E-state index contributed by atoms with van der Waals surface area (Å²) < 4.78 is 5.86. The van der Waals surface area contributed by atoms with E-state index in [9.17, 15) is 4.79 Å². The third-order valence-electron chi connectivity index (χ3n) is 3.79. The van der Waals surface area contributed by atoms with Crippen LogP contribution in [0.15, 0.2) is 0 Å². The van der Waals surface area contributed by atoms with E-state index in [1.807, 2.05) is 11.8 Å². The zero-order valence-corrected chi connectivity index (χ0v) is 12.0. The van der Waals surface area contributed by atoms with Crippen molar-refractivity contribution in [2.75, 3.05) is 26.2 Å². The fourth-order valence-electron chi connectivity index (χ4n) is 2.21. The van der Waals surface area contributed by atoms with Crippen LogP contribution in [0.1, 0.15) is 32.6 Å². The first-order valence-corrected chi connectivity index (χ1v) is 6.81. The van der Waals surface area contributed by atoms with Gasteiger partial charge in [-0.25, -0.2) is 0 Å². The Balaban J connectivity index is 0.00000162. The van der Waals surface area contributed by atoms with Crippen molar-refractivity contribution in [3.8, 4) is 0 Å². The molecule has 18 heavy (non-hydrogen) atoms. The van der Waals surface area contributed by atoms with Crippen molar-refractivity contribution in [3.05, 3.63) is 0 Å². The lowest BCUT2D eigenvalue weighted by atomic mass is 10.0. The smallest absolute Gasteiger partial charge is 0.226 e. The molecule has 2 aliphatic rings. The molecular weight excluding hydrogens is 252 g/mol. The molecular formula is C13H25ClN2O2. The summed E-state index contributed by atoms with van der Waals surface area (Å²) in [5, 5.41) is 0. The highest BCUT2D eigenvalue weighted by atomic mass is 35.5. The predicted molar refractivity (Wildman–Crippen MR) is 73.7 cm³/mol. The minimum Gasteiger partial charge on any atom is -0.378 e. The number of hydrogen-bond donors (Lipinski definition) is 1. The van der Waals surface area contributed by atoms with Gasteiger partial charge in [0.15, 0.2) is 0 Å². The lowest BCUT2D eigenvalue weighted by Gasteiger charge is -2.33. The maximum Gasteiger partial charge on any atom is 0.226 e. The van der Waals surface area contributed by atoms with E-state index < -0.39 is 0 Å². The number of hydrogen-bond acceptors (Lipinski definition) is 3. The second-order valence-electron chi connectivity index (χ2n) is 5.44. The molecule has 2 fully saturated rings. The monoisotopic (exact) mass is 276 g/mol. The van der Waals surface area contributed by atoms with Gasteiger partial charge in [-0.3, -0.25) is 4.79 Å². The molecule has 4 nitrogen and oxygen atoms in total. The van der Waals surface area contributed by atoms with Crippen molar-refractivity contribution in [1.82, 2.24) is 4.90 Å². The molecule has 1 saturated carbocycles. The Hall–Kier alpha value is -0.320. The average Bonchev–Trinajstić information content (AvgIpc) is 3.19. The number of piperidine rings is 1. The first kappa shape index (κ1) is 15.7. The highest BCUT2D eigenvalue weighted by Crippen LogP contribution is 2.30. The van der Waals surface area contributed by atoms with Crippen molar-refractivity contribution in [3.63, 3.8) is 0 Å².